The van der Waals surface area contributed by atoms with Gasteiger partial charge in [0.1, 0.15) is 17.3 Å². The molecule has 0 aromatic rings. The Kier molecular flexibility index (Phi) is 9.01. The molecule has 10 atom stereocenters. The summed E-state index contributed by atoms with van der Waals surface area (Å²) >= 11 is 0. The number of allylic oxidation sites excluding steroid dienone is 5. The first-order chi connectivity index (χ1) is 20.8. The van der Waals surface area contributed by atoms with E-state index in [1.165, 1.54) is 51.0 Å². The number of hydrogen-bond donors (Lipinski definition) is 4. The predicted octanol–water partition coefficient (Wildman–Crippen LogP) is 4.50. The molecule has 8 heteroatoms. The van der Waals surface area contributed by atoms with E-state index >= 15 is 0 Å². The molecule has 1 saturated heterocycles. The van der Waals surface area contributed by atoms with Gasteiger partial charge >= 0.3 is 5.97 Å². The van der Waals surface area contributed by atoms with Crippen molar-refractivity contribution in [3.05, 3.63) is 48.1 Å². The van der Waals surface area contributed by atoms with Crippen molar-refractivity contribution in [1.82, 2.24) is 0 Å². The fourth-order valence-corrected chi connectivity index (χ4v) is 9.31. The summed E-state index contributed by atoms with van der Waals surface area (Å²) in [6.45, 7) is 8.97. The van der Waals surface area contributed by atoms with E-state index in [9.17, 15) is 30.0 Å². The molecule has 8 nitrogen and oxygen atoms in total. The Bertz CT molecular complexity index is 1250. The minimum atomic E-state index is -2.33. The molecule has 4 fully saturated rings. The predicted molar refractivity (Wildman–Crippen MR) is 166 cm³/mol. The molecule has 44 heavy (non-hydrogen) atoms. The number of aliphatic hydroxyl groups is 4. The number of Topliss-reactive ketones (excluding diaryl/α,β-unsaturated/α-hetero) is 1. The van der Waals surface area contributed by atoms with Gasteiger partial charge in [-0.1, -0.05) is 103 Å². The third-order valence-electron chi connectivity index (χ3n) is 11.9. The van der Waals surface area contributed by atoms with Crippen LogP contribution in [0.4, 0.5) is 0 Å². The Morgan fingerprint density at radius 2 is 1.73 bits per heavy atom. The molecule has 0 amide bonds. The maximum absolute atomic E-state index is 13.3. The minimum Gasteiger partial charge on any atom is -0.455 e. The zero-order valence-corrected chi connectivity index (χ0v) is 27.0. The summed E-state index contributed by atoms with van der Waals surface area (Å²) in [4.78, 5) is 26.4. The van der Waals surface area contributed by atoms with Gasteiger partial charge in [-0.3, -0.25) is 4.79 Å². The summed E-state index contributed by atoms with van der Waals surface area (Å²) < 4.78 is 12.2. The molecule has 4 aliphatic carbocycles. The van der Waals surface area contributed by atoms with Crippen LogP contribution < -0.4 is 0 Å². The SMILES string of the molecule is CCCCCCCCCC=CC=CC=CC(=O)O[C@@]12C[C@@H](C)[C@@]3(O)[C@H]([C@@H]1C2(C)C)[C@@H]1O[C@]1(CO)[C@@H](O)[C@]1(O)C(=O)C(C)=C[C@H]13. The quantitative estimate of drug-likeness (QED) is 0.0785. The lowest BCUT2D eigenvalue weighted by Crippen LogP contribution is -2.65. The summed E-state index contributed by atoms with van der Waals surface area (Å²) in [5, 5.41) is 46.1. The van der Waals surface area contributed by atoms with Crippen LogP contribution in [-0.4, -0.2) is 73.4 Å². The second kappa shape index (κ2) is 11.9. The fourth-order valence-electron chi connectivity index (χ4n) is 9.31. The van der Waals surface area contributed by atoms with Crippen molar-refractivity contribution < 1.29 is 39.5 Å². The fraction of sp³-hybridized carbons (Fsp3) is 0.722. The van der Waals surface area contributed by atoms with Gasteiger partial charge in [0, 0.05) is 29.2 Å². The van der Waals surface area contributed by atoms with Crippen LogP contribution in [0.2, 0.25) is 0 Å². The van der Waals surface area contributed by atoms with E-state index in [1.807, 2.05) is 32.9 Å². The molecule has 5 aliphatic rings. The molecular formula is C36H52O8. The number of rotatable bonds is 13. The van der Waals surface area contributed by atoms with Gasteiger partial charge in [0.15, 0.2) is 11.4 Å². The normalized spacial score (nSPS) is 43.4. The van der Waals surface area contributed by atoms with Gasteiger partial charge in [-0.15, -0.1) is 0 Å². The van der Waals surface area contributed by atoms with E-state index in [0.29, 0.717) is 6.42 Å². The van der Waals surface area contributed by atoms with Crippen molar-refractivity contribution in [2.45, 2.75) is 127 Å². The van der Waals surface area contributed by atoms with E-state index in [0.717, 1.165) is 6.42 Å². The van der Waals surface area contributed by atoms with Crippen molar-refractivity contribution in [2.75, 3.05) is 6.61 Å². The van der Waals surface area contributed by atoms with Crippen molar-refractivity contribution in [3.63, 3.8) is 0 Å². The van der Waals surface area contributed by atoms with Crippen LogP contribution in [-0.2, 0) is 19.1 Å². The summed E-state index contributed by atoms with van der Waals surface area (Å²) in [5.74, 6) is -3.85. The monoisotopic (exact) mass is 612 g/mol. The Labute approximate surface area is 261 Å². The number of ether oxygens (including phenoxy) is 2. The van der Waals surface area contributed by atoms with Crippen LogP contribution in [0, 0.1) is 29.1 Å². The minimum absolute atomic E-state index is 0.257. The molecule has 4 N–H and O–H groups in total. The number of aliphatic hydroxyl groups excluding tert-OH is 2. The number of unbranched alkanes of at least 4 members (excludes halogenated alkanes) is 7. The van der Waals surface area contributed by atoms with Crippen LogP contribution in [0.1, 0.15) is 92.4 Å². The lowest BCUT2D eigenvalue weighted by Gasteiger charge is -2.51. The number of hydrogen-bond acceptors (Lipinski definition) is 8. The highest BCUT2D eigenvalue weighted by molar-refractivity contribution is 6.05. The number of carbonyl (C=O) groups excluding carboxylic acids is 2. The summed E-state index contributed by atoms with van der Waals surface area (Å²) in [7, 11) is 0. The van der Waals surface area contributed by atoms with Gasteiger partial charge in [0.2, 0.25) is 0 Å². The average Bonchev–Trinajstić information content (AvgIpc) is 3.80. The van der Waals surface area contributed by atoms with Crippen molar-refractivity contribution in [3.8, 4) is 0 Å². The standard InChI is InChI=1S/C36H52O8/c1-6-7-8-9-10-11-12-13-14-15-16-17-18-19-26(38)43-34-21-24(3)35(41)25-20-23(2)29(39)36(25,42)31(40)33(22-37)30(44-33)27(35)28(34)32(34,4)5/h14-20,24-25,27-28,30-31,37,40-42H,6-13,21-22H2,1-5H3/t24-,25+,27-,28-,30+,31-,33+,34+,35+,36-/m1/s1. The van der Waals surface area contributed by atoms with Gasteiger partial charge in [0.05, 0.1) is 18.3 Å². The number of ketones is 1. The Morgan fingerprint density at radius 3 is 2.41 bits per heavy atom. The number of esters is 1. The van der Waals surface area contributed by atoms with E-state index < -0.39 is 76.1 Å². The Hall–Kier alpha value is -2.10. The molecule has 244 valence electrons. The van der Waals surface area contributed by atoms with Gasteiger partial charge in [0.25, 0.3) is 0 Å². The molecule has 0 radical (unpaired) electrons. The van der Waals surface area contributed by atoms with Crippen molar-refractivity contribution >= 4 is 11.8 Å². The van der Waals surface area contributed by atoms with Gasteiger partial charge in [-0.05, 0) is 37.7 Å². The van der Waals surface area contributed by atoms with Crippen LogP contribution in [0.5, 0.6) is 0 Å². The molecule has 0 spiro atoms. The second-order valence-electron chi connectivity index (χ2n) is 14.6. The summed E-state index contributed by atoms with van der Waals surface area (Å²) in [5.41, 5.74) is -6.77. The highest BCUT2D eigenvalue weighted by Gasteiger charge is 2.90. The molecule has 0 bridgehead atoms. The van der Waals surface area contributed by atoms with Crippen molar-refractivity contribution in [2.24, 2.45) is 29.1 Å². The molecule has 3 saturated carbocycles. The Balaban J connectivity index is 1.26. The van der Waals surface area contributed by atoms with Crippen molar-refractivity contribution in [1.29, 1.82) is 0 Å². The maximum Gasteiger partial charge on any atom is 0.331 e. The number of epoxide rings is 1. The molecule has 0 aromatic carbocycles. The van der Waals surface area contributed by atoms with Gasteiger partial charge < -0.3 is 29.9 Å². The second-order valence-corrected chi connectivity index (χ2v) is 14.6. The first-order valence-electron chi connectivity index (χ1n) is 16.7. The Morgan fingerprint density at radius 1 is 1.07 bits per heavy atom. The van der Waals surface area contributed by atoms with E-state index in [4.69, 9.17) is 9.47 Å². The van der Waals surface area contributed by atoms with Crippen LogP contribution >= 0.6 is 0 Å². The van der Waals surface area contributed by atoms with E-state index in [1.54, 1.807) is 25.2 Å². The first kappa shape index (κ1) is 33.3. The van der Waals surface area contributed by atoms with Gasteiger partial charge in [-0.25, -0.2) is 4.79 Å². The molecule has 1 heterocycles. The third-order valence-corrected chi connectivity index (χ3v) is 11.9. The lowest BCUT2D eigenvalue weighted by molar-refractivity contribution is -0.214. The van der Waals surface area contributed by atoms with E-state index in [2.05, 4.69) is 13.0 Å². The molecular weight excluding hydrogens is 560 g/mol. The zero-order valence-electron chi connectivity index (χ0n) is 27.0. The van der Waals surface area contributed by atoms with Gasteiger partial charge in [-0.2, -0.15) is 0 Å². The molecule has 5 rings (SSSR count). The molecule has 1 aliphatic heterocycles. The smallest absolute Gasteiger partial charge is 0.331 e. The van der Waals surface area contributed by atoms with Crippen LogP contribution in [0.25, 0.3) is 0 Å². The summed E-state index contributed by atoms with van der Waals surface area (Å²) in [6, 6.07) is 0. The highest BCUT2D eigenvalue weighted by atomic mass is 16.6. The molecule has 0 aromatic heterocycles. The maximum atomic E-state index is 13.3. The largest absolute Gasteiger partial charge is 0.455 e. The number of fused-ring (bicyclic) bond motifs is 7. The van der Waals surface area contributed by atoms with Crippen LogP contribution in [0.3, 0.4) is 0 Å². The zero-order chi connectivity index (χ0) is 32.1. The lowest BCUT2D eigenvalue weighted by atomic mass is 9.59. The topological polar surface area (TPSA) is 137 Å². The highest BCUT2D eigenvalue weighted by Crippen LogP contribution is 2.79. The first-order valence-corrected chi connectivity index (χ1v) is 16.7. The van der Waals surface area contributed by atoms with Crippen LogP contribution in [0.15, 0.2) is 48.1 Å². The third kappa shape index (κ3) is 4.82. The summed E-state index contributed by atoms with van der Waals surface area (Å²) in [6.07, 6.45) is 20.2. The van der Waals surface area contributed by atoms with E-state index in [-0.39, 0.29) is 11.5 Å². The average molecular weight is 613 g/mol. The number of carbonyl (C=O) groups is 2. The molecule has 0 unspecified atom stereocenters.